The lowest BCUT2D eigenvalue weighted by atomic mass is 9.78. The molecule has 0 bridgehead atoms. The highest BCUT2D eigenvalue weighted by molar-refractivity contribution is 5.65. The van der Waals surface area contributed by atoms with Gasteiger partial charge in [-0.2, -0.15) is 0 Å². The number of halogens is 3. The Bertz CT molecular complexity index is 1080. The summed E-state index contributed by atoms with van der Waals surface area (Å²) < 4.78 is 44.4. The molecule has 0 saturated heterocycles. The molecule has 1 atom stereocenters. The Morgan fingerprint density at radius 2 is 1.63 bits per heavy atom. The molecule has 3 heteroatoms. The van der Waals surface area contributed by atoms with Gasteiger partial charge in [0.1, 0.15) is 5.83 Å². The Morgan fingerprint density at radius 1 is 0.886 bits per heavy atom. The summed E-state index contributed by atoms with van der Waals surface area (Å²) in [5, 5.41) is 0. The Kier molecular flexibility index (Phi) is 8.70. The van der Waals surface area contributed by atoms with Crippen LogP contribution in [0, 0.1) is 23.5 Å². The summed E-state index contributed by atoms with van der Waals surface area (Å²) in [6, 6.07) is 11.2. The largest absolute Gasteiger partial charge is 0.211 e. The molecular weight excluding hydrogens is 441 g/mol. The second kappa shape index (κ2) is 11.9. The molecule has 4 rings (SSSR count). The van der Waals surface area contributed by atoms with E-state index in [1.807, 2.05) is 30.3 Å². The van der Waals surface area contributed by atoms with E-state index in [2.05, 4.69) is 26.0 Å². The first kappa shape index (κ1) is 25.5. The standard InChI is InChI=1S/C32H37F3/c1-3-5-6-27-18-13-24(21-30(27)33)8-7-23-11-16-26(17-12-23)29-20-19-28(31(34)32(29)35)25-14-9-22(4-2)10-15-25/h7-10,13-15,19-21,23,26-27H,3-6,11-12,16-18H2,1-2H3/b8-7+. The van der Waals surface area contributed by atoms with Crippen molar-refractivity contribution >= 4 is 0 Å². The number of hydrogen-bond donors (Lipinski definition) is 0. The van der Waals surface area contributed by atoms with Crippen molar-refractivity contribution in [2.24, 2.45) is 11.8 Å². The highest BCUT2D eigenvalue weighted by Gasteiger charge is 2.26. The number of benzene rings is 2. The van der Waals surface area contributed by atoms with E-state index in [1.54, 1.807) is 18.2 Å². The molecule has 0 N–H and O–H groups in total. The maximum atomic E-state index is 15.1. The lowest BCUT2D eigenvalue weighted by Crippen LogP contribution is -2.14. The number of hydrogen-bond acceptors (Lipinski definition) is 0. The maximum absolute atomic E-state index is 15.1. The number of aryl methyl sites for hydroxylation is 1. The summed E-state index contributed by atoms with van der Waals surface area (Å²) in [6.45, 7) is 4.21. The number of allylic oxidation sites excluding steroid dienone is 6. The van der Waals surface area contributed by atoms with Crippen LogP contribution >= 0.6 is 0 Å². The van der Waals surface area contributed by atoms with E-state index in [-0.39, 0.29) is 17.7 Å². The van der Waals surface area contributed by atoms with E-state index in [1.165, 1.54) is 5.56 Å². The van der Waals surface area contributed by atoms with E-state index in [9.17, 15) is 8.78 Å². The van der Waals surface area contributed by atoms with Crippen molar-refractivity contribution in [3.63, 3.8) is 0 Å². The van der Waals surface area contributed by atoms with Crippen LogP contribution in [0.3, 0.4) is 0 Å². The first-order chi connectivity index (χ1) is 17.0. The zero-order valence-corrected chi connectivity index (χ0v) is 21.0. The van der Waals surface area contributed by atoms with Crippen molar-refractivity contribution in [1.82, 2.24) is 0 Å². The van der Waals surface area contributed by atoms with Crippen LogP contribution in [-0.4, -0.2) is 0 Å². The van der Waals surface area contributed by atoms with Crippen LogP contribution in [0.2, 0.25) is 0 Å². The highest BCUT2D eigenvalue weighted by atomic mass is 19.2. The van der Waals surface area contributed by atoms with Crippen LogP contribution in [0.4, 0.5) is 13.2 Å². The number of unbranched alkanes of at least 4 members (excludes halogenated alkanes) is 1. The Balaban J connectivity index is 1.35. The van der Waals surface area contributed by atoms with Crippen LogP contribution in [0.1, 0.15) is 82.3 Å². The highest BCUT2D eigenvalue weighted by Crippen LogP contribution is 2.39. The number of rotatable bonds is 8. The summed E-state index contributed by atoms with van der Waals surface area (Å²) >= 11 is 0. The van der Waals surface area contributed by atoms with Crippen molar-refractivity contribution < 1.29 is 13.2 Å². The first-order valence-electron chi connectivity index (χ1n) is 13.3. The molecule has 0 aromatic heterocycles. The van der Waals surface area contributed by atoms with Crippen LogP contribution in [0.25, 0.3) is 11.1 Å². The topological polar surface area (TPSA) is 0 Å². The zero-order valence-electron chi connectivity index (χ0n) is 21.0. The average Bonchev–Trinajstić information content (AvgIpc) is 2.89. The van der Waals surface area contributed by atoms with E-state index in [4.69, 9.17) is 0 Å². The molecule has 0 amide bonds. The van der Waals surface area contributed by atoms with Gasteiger partial charge in [0.2, 0.25) is 0 Å². The molecule has 0 heterocycles. The van der Waals surface area contributed by atoms with Gasteiger partial charge in [-0.1, -0.05) is 81.3 Å². The molecule has 0 radical (unpaired) electrons. The van der Waals surface area contributed by atoms with E-state index in [0.717, 1.165) is 63.4 Å². The molecule has 186 valence electrons. The van der Waals surface area contributed by atoms with Gasteiger partial charge in [0.15, 0.2) is 11.6 Å². The Morgan fingerprint density at radius 3 is 2.29 bits per heavy atom. The van der Waals surface area contributed by atoms with Crippen LogP contribution < -0.4 is 0 Å². The fourth-order valence-corrected chi connectivity index (χ4v) is 5.44. The van der Waals surface area contributed by atoms with Gasteiger partial charge in [0.25, 0.3) is 0 Å². The normalized spacial score (nSPS) is 22.8. The van der Waals surface area contributed by atoms with Gasteiger partial charge in [-0.05, 0) is 85.1 Å². The molecule has 0 aliphatic heterocycles. The SMILES string of the molecule is CCCCC1CC=C(/C=C/C2CCC(c3ccc(-c4ccc(CC)cc4)c(F)c3F)CC2)C=C1F. The predicted octanol–water partition coefficient (Wildman–Crippen LogP) is 10.0. The Labute approximate surface area is 208 Å². The molecule has 1 saturated carbocycles. The van der Waals surface area contributed by atoms with Gasteiger partial charge in [0, 0.05) is 11.5 Å². The summed E-state index contributed by atoms with van der Waals surface area (Å²) in [7, 11) is 0. The fraction of sp³-hybridized carbons (Fsp3) is 0.438. The van der Waals surface area contributed by atoms with Gasteiger partial charge >= 0.3 is 0 Å². The van der Waals surface area contributed by atoms with Gasteiger partial charge < -0.3 is 0 Å². The lowest BCUT2D eigenvalue weighted by Gasteiger charge is -2.28. The zero-order chi connectivity index (χ0) is 24.8. The minimum absolute atomic E-state index is 0.00608. The third-order valence-electron chi connectivity index (χ3n) is 7.80. The molecule has 2 aromatic rings. The van der Waals surface area contributed by atoms with Crippen molar-refractivity contribution in [1.29, 1.82) is 0 Å². The molecule has 0 nitrogen and oxygen atoms in total. The average molecular weight is 479 g/mol. The van der Waals surface area contributed by atoms with Crippen molar-refractivity contribution in [3.05, 3.63) is 94.9 Å². The molecule has 2 aliphatic rings. The second-order valence-corrected chi connectivity index (χ2v) is 10.2. The van der Waals surface area contributed by atoms with E-state index >= 15 is 4.39 Å². The lowest BCUT2D eigenvalue weighted by molar-refractivity contribution is 0.364. The summed E-state index contributed by atoms with van der Waals surface area (Å²) in [4.78, 5) is 0. The first-order valence-corrected chi connectivity index (χ1v) is 13.3. The summed E-state index contributed by atoms with van der Waals surface area (Å²) in [5.74, 6) is -0.968. The smallest absolute Gasteiger partial charge is 0.166 e. The minimum atomic E-state index is -0.746. The second-order valence-electron chi connectivity index (χ2n) is 10.2. The fourth-order valence-electron chi connectivity index (χ4n) is 5.44. The molecule has 0 spiro atoms. The van der Waals surface area contributed by atoms with Crippen molar-refractivity contribution in [2.75, 3.05) is 0 Å². The predicted molar refractivity (Wildman–Crippen MR) is 140 cm³/mol. The molecule has 35 heavy (non-hydrogen) atoms. The van der Waals surface area contributed by atoms with Crippen LogP contribution in [0.15, 0.2) is 72.1 Å². The summed E-state index contributed by atoms with van der Waals surface area (Å²) in [6.07, 6.45) is 16.3. The van der Waals surface area contributed by atoms with Gasteiger partial charge in [-0.3, -0.25) is 0 Å². The maximum Gasteiger partial charge on any atom is 0.166 e. The quantitative estimate of drug-likeness (QED) is 0.354. The van der Waals surface area contributed by atoms with Crippen LogP contribution in [0.5, 0.6) is 0 Å². The molecule has 1 fully saturated rings. The summed E-state index contributed by atoms with van der Waals surface area (Å²) in [5.41, 5.74) is 3.65. The molecule has 2 aliphatic carbocycles. The Hall–Kier alpha value is -2.55. The minimum Gasteiger partial charge on any atom is -0.211 e. The molecule has 2 aromatic carbocycles. The van der Waals surface area contributed by atoms with Gasteiger partial charge in [-0.25, -0.2) is 13.2 Å². The molecule has 1 unspecified atom stereocenters. The monoisotopic (exact) mass is 478 g/mol. The van der Waals surface area contributed by atoms with E-state index < -0.39 is 11.6 Å². The van der Waals surface area contributed by atoms with Crippen LogP contribution in [-0.2, 0) is 6.42 Å². The molecular formula is C32H37F3. The van der Waals surface area contributed by atoms with E-state index in [0.29, 0.717) is 22.6 Å². The van der Waals surface area contributed by atoms with Crippen molar-refractivity contribution in [2.45, 2.75) is 77.6 Å². The van der Waals surface area contributed by atoms with Gasteiger partial charge in [-0.15, -0.1) is 0 Å². The van der Waals surface area contributed by atoms with Crippen molar-refractivity contribution in [3.8, 4) is 11.1 Å². The van der Waals surface area contributed by atoms with Gasteiger partial charge in [0.05, 0.1) is 0 Å². The third kappa shape index (κ3) is 6.18. The third-order valence-corrected chi connectivity index (χ3v) is 7.80.